The number of aromatic nitrogens is 4. The van der Waals surface area contributed by atoms with Crippen LogP contribution in [-0.4, -0.2) is 39.5 Å². The zero-order valence-corrected chi connectivity index (χ0v) is 12.2. The van der Waals surface area contributed by atoms with Crippen molar-refractivity contribution in [3.8, 4) is 0 Å². The summed E-state index contributed by atoms with van der Waals surface area (Å²) in [5.74, 6) is 2.36. The zero-order chi connectivity index (χ0) is 14.5. The van der Waals surface area contributed by atoms with Gasteiger partial charge in [-0.15, -0.1) is 5.10 Å². The molecular weight excluding hydrogens is 268 g/mol. The minimum Gasteiger partial charge on any atom is -0.351 e. The third-order valence-electron chi connectivity index (χ3n) is 3.71. The molecule has 3 rings (SSSR count). The van der Waals surface area contributed by atoms with Crippen LogP contribution in [-0.2, 0) is 13.0 Å². The summed E-state index contributed by atoms with van der Waals surface area (Å²) in [6.07, 6.45) is 4.84. The predicted octanol–water partition coefficient (Wildman–Crippen LogP) is 1.18. The molecule has 7 heteroatoms. The van der Waals surface area contributed by atoms with Crippen molar-refractivity contribution in [2.24, 2.45) is 0 Å². The predicted molar refractivity (Wildman–Crippen MR) is 77.8 cm³/mol. The van der Waals surface area contributed by atoms with Gasteiger partial charge in [-0.05, 0) is 25.0 Å². The molecule has 1 aliphatic heterocycles. The minimum atomic E-state index is 0.440. The highest BCUT2D eigenvalue weighted by molar-refractivity contribution is 5.39. The lowest BCUT2D eigenvalue weighted by molar-refractivity contribution is 0.361. The third-order valence-corrected chi connectivity index (χ3v) is 3.71. The Labute approximate surface area is 123 Å². The Morgan fingerprint density at radius 2 is 2.43 bits per heavy atom. The molecule has 1 saturated heterocycles. The molecule has 21 heavy (non-hydrogen) atoms. The van der Waals surface area contributed by atoms with Gasteiger partial charge in [-0.2, -0.15) is 10.1 Å². The summed E-state index contributed by atoms with van der Waals surface area (Å²) in [5.41, 5.74) is 0. The van der Waals surface area contributed by atoms with Crippen molar-refractivity contribution in [2.75, 3.05) is 18.0 Å². The molecule has 112 valence electrons. The van der Waals surface area contributed by atoms with Crippen LogP contribution in [0.2, 0.25) is 0 Å². The molecule has 0 saturated carbocycles. The number of rotatable bonds is 6. The highest BCUT2D eigenvalue weighted by atomic mass is 16.5. The van der Waals surface area contributed by atoms with Crippen molar-refractivity contribution >= 4 is 5.82 Å². The Morgan fingerprint density at radius 3 is 3.19 bits per heavy atom. The van der Waals surface area contributed by atoms with E-state index < -0.39 is 0 Å². The first kappa shape index (κ1) is 13.9. The van der Waals surface area contributed by atoms with Gasteiger partial charge in [0.05, 0.1) is 6.54 Å². The van der Waals surface area contributed by atoms with Crippen LogP contribution in [0.15, 0.2) is 22.9 Å². The van der Waals surface area contributed by atoms with E-state index in [0.717, 1.165) is 37.6 Å². The van der Waals surface area contributed by atoms with Crippen LogP contribution in [0, 0.1) is 0 Å². The number of anilines is 1. The lowest BCUT2D eigenvalue weighted by atomic mass is 10.2. The van der Waals surface area contributed by atoms with Gasteiger partial charge < -0.3 is 14.7 Å². The maximum atomic E-state index is 5.17. The average Bonchev–Trinajstić information content (AvgIpc) is 3.17. The first-order valence-corrected chi connectivity index (χ1v) is 7.43. The molecule has 3 heterocycles. The van der Waals surface area contributed by atoms with E-state index in [-0.39, 0.29) is 0 Å². The molecule has 0 spiro atoms. The third kappa shape index (κ3) is 3.36. The van der Waals surface area contributed by atoms with Crippen molar-refractivity contribution in [3.05, 3.63) is 30.0 Å². The fraction of sp³-hybridized carbons (Fsp3) is 0.571. The smallest absolute Gasteiger partial charge is 0.240 e. The summed E-state index contributed by atoms with van der Waals surface area (Å²) >= 11 is 0. The van der Waals surface area contributed by atoms with E-state index in [0.29, 0.717) is 18.5 Å². The molecule has 0 aliphatic carbocycles. The van der Waals surface area contributed by atoms with E-state index in [2.05, 4.69) is 30.6 Å². The van der Waals surface area contributed by atoms with E-state index in [4.69, 9.17) is 4.52 Å². The van der Waals surface area contributed by atoms with Crippen LogP contribution in [0.5, 0.6) is 0 Å². The number of hydrogen-bond acceptors (Lipinski definition) is 7. The Hall–Kier alpha value is -2.02. The van der Waals surface area contributed by atoms with Gasteiger partial charge in [0.1, 0.15) is 0 Å². The van der Waals surface area contributed by atoms with E-state index >= 15 is 0 Å². The van der Waals surface area contributed by atoms with Crippen LogP contribution >= 0.6 is 0 Å². The van der Waals surface area contributed by atoms with Crippen LogP contribution in [0.1, 0.15) is 31.5 Å². The van der Waals surface area contributed by atoms with Crippen molar-refractivity contribution in [1.82, 2.24) is 25.7 Å². The minimum absolute atomic E-state index is 0.440. The van der Waals surface area contributed by atoms with E-state index in [1.807, 2.05) is 19.1 Å². The number of nitrogens with zero attached hydrogens (tertiary/aromatic N) is 5. The van der Waals surface area contributed by atoms with Gasteiger partial charge in [0.15, 0.2) is 11.6 Å². The summed E-state index contributed by atoms with van der Waals surface area (Å²) in [5, 5.41) is 15.4. The molecule has 1 N–H and O–H groups in total. The number of nitrogens with one attached hydrogen (secondary N) is 1. The first-order chi connectivity index (χ1) is 10.4. The summed E-state index contributed by atoms with van der Waals surface area (Å²) in [6, 6.07) is 4.38. The second kappa shape index (κ2) is 6.62. The number of aryl methyl sites for hydroxylation is 1. The van der Waals surface area contributed by atoms with E-state index in [9.17, 15) is 0 Å². The largest absolute Gasteiger partial charge is 0.351 e. The molecule has 0 radical (unpaired) electrons. The van der Waals surface area contributed by atoms with Gasteiger partial charge in [-0.3, -0.25) is 0 Å². The quantitative estimate of drug-likeness (QED) is 0.855. The van der Waals surface area contributed by atoms with Crippen molar-refractivity contribution in [3.63, 3.8) is 0 Å². The van der Waals surface area contributed by atoms with Gasteiger partial charge in [-0.25, -0.2) is 0 Å². The van der Waals surface area contributed by atoms with Crippen LogP contribution in [0.25, 0.3) is 0 Å². The summed E-state index contributed by atoms with van der Waals surface area (Å²) in [7, 11) is 0. The molecule has 7 nitrogen and oxygen atoms in total. The summed E-state index contributed by atoms with van der Waals surface area (Å²) < 4.78 is 5.17. The molecule has 0 amide bonds. The fourth-order valence-electron chi connectivity index (χ4n) is 2.65. The molecule has 1 fully saturated rings. The highest BCUT2D eigenvalue weighted by Crippen LogP contribution is 2.22. The van der Waals surface area contributed by atoms with Crippen molar-refractivity contribution in [1.29, 1.82) is 0 Å². The maximum absolute atomic E-state index is 5.17. The monoisotopic (exact) mass is 288 g/mol. The van der Waals surface area contributed by atoms with E-state index in [1.165, 1.54) is 6.42 Å². The van der Waals surface area contributed by atoms with E-state index in [1.54, 1.807) is 6.20 Å². The first-order valence-electron chi connectivity index (χ1n) is 7.43. The Morgan fingerprint density at radius 1 is 1.48 bits per heavy atom. The van der Waals surface area contributed by atoms with Gasteiger partial charge in [-0.1, -0.05) is 12.1 Å². The topological polar surface area (TPSA) is 80.0 Å². The van der Waals surface area contributed by atoms with Crippen molar-refractivity contribution < 1.29 is 4.52 Å². The Bertz CT molecular complexity index is 558. The SMILES string of the molecule is CCc1noc(CNC[C@@H]2CCCN2c2cccnn2)n1. The highest BCUT2D eigenvalue weighted by Gasteiger charge is 2.25. The standard InChI is InChI=1S/C14H20N6O/c1-2-12-17-14(21-19-12)10-15-9-11-5-4-8-20(11)13-6-3-7-16-18-13/h3,6-7,11,15H,2,4-5,8-10H2,1H3/t11-/m0/s1. The summed E-state index contributed by atoms with van der Waals surface area (Å²) in [6.45, 7) is 4.53. The van der Waals surface area contributed by atoms with Gasteiger partial charge in [0.2, 0.25) is 5.89 Å². The van der Waals surface area contributed by atoms with Gasteiger partial charge in [0, 0.05) is 31.7 Å². The average molecular weight is 288 g/mol. The van der Waals surface area contributed by atoms with Crippen LogP contribution in [0.3, 0.4) is 0 Å². The number of hydrogen-bond donors (Lipinski definition) is 1. The lowest BCUT2D eigenvalue weighted by Gasteiger charge is -2.25. The Balaban J connectivity index is 1.52. The second-order valence-electron chi connectivity index (χ2n) is 5.16. The van der Waals surface area contributed by atoms with Gasteiger partial charge in [0.25, 0.3) is 0 Å². The molecular formula is C14H20N6O. The summed E-state index contributed by atoms with van der Waals surface area (Å²) in [4.78, 5) is 6.60. The molecule has 0 aromatic carbocycles. The van der Waals surface area contributed by atoms with Crippen LogP contribution < -0.4 is 10.2 Å². The normalized spacial score (nSPS) is 18.3. The molecule has 2 aromatic rings. The zero-order valence-electron chi connectivity index (χ0n) is 12.2. The van der Waals surface area contributed by atoms with Crippen molar-refractivity contribution in [2.45, 2.75) is 38.8 Å². The fourth-order valence-corrected chi connectivity index (χ4v) is 2.65. The lowest BCUT2D eigenvalue weighted by Crippen LogP contribution is -2.38. The van der Waals surface area contributed by atoms with Gasteiger partial charge >= 0.3 is 0 Å². The maximum Gasteiger partial charge on any atom is 0.240 e. The van der Waals surface area contributed by atoms with Crippen LogP contribution in [0.4, 0.5) is 5.82 Å². The molecule has 1 atom stereocenters. The molecule has 1 aliphatic rings. The second-order valence-corrected chi connectivity index (χ2v) is 5.16. The Kier molecular flexibility index (Phi) is 4.40. The molecule has 0 unspecified atom stereocenters. The molecule has 0 bridgehead atoms. The molecule has 2 aromatic heterocycles.